The Morgan fingerprint density at radius 3 is 2.40 bits per heavy atom. The SMILES string of the molecule is O=C(C[C@H]1CCc2cc([N+](=O)[O-])ccc2N1CCc1ccccc1)c1ccccc1. The third kappa shape index (κ3) is 4.40. The number of aryl methyl sites for hydroxylation is 1. The van der Waals surface area contributed by atoms with Crippen molar-refractivity contribution in [3.05, 3.63) is 106 Å². The molecule has 0 radical (unpaired) electrons. The maximum absolute atomic E-state index is 12.9. The Morgan fingerprint density at radius 1 is 1.00 bits per heavy atom. The van der Waals surface area contributed by atoms with E-state index >= 15 is 0 Å². The molecule has 1 atom stereocenters. The van der Waals surface area contributed by atoms with Crippen LogP contribution in [0.15, 0.2) is 78.9 Å². The summed E-state index contributed by atoms with van der Waals surface area (Å²) in [5.41, 5.74) is 4.08. The van der Waals surface area contributed by atoms with Crippen molar-refractivity contribution < 1.29 is 9.72 Å². The Morgan fingerprint density at radius 2 is 1.70 bits per heavy atom. The number of hydrogen-bond donors (Lipinski definition) is 0. The van der Waals surface area contributed by atoms with Gasteiger partial charge < -0.3 is 4.90 Å². The molecule has 152 valence electrons. The van der Waals surface area contributed by atoms with Gasteiger partial charge in [-0.2, -0.15) is 0 Å². The number of anilines is 1. The van der Waals surface area contributed by atoms with Crippen molar-refractivity contribution in [2.75, 3.05) is 11.4 Å². The van der Waals surface area contributed by atoms with Crippen molar-refractivity contribution in [2.24, 2.45) is 0 Å². The first-order valence-corrected chi connectivity index (χ1v) is 10.3. The number of ketones is 1. The van der Waals surface area contributed by atoms with Crippen LogP contribution in [0.3, 0.4) is 0 Å². The van der Waals surface area contributed by atoms with E-state index < -0.39 is 0 Å². The largest absolute Gasteiger partial charge is 0.368 e. The van der Waals surface area contributed by atoms with Crippen molar-refractivity contribution in [1.82, 2.24) is 0 Å². The van der Waals surface area contributed by atoms with Crippen LogP contribution in [-0.2, 0) is 12.8 Å². The fourth-order valence-corrected chi connectivity index (χ4v) is 4.21. The average molecular weight is 400 g/mol. The molecule has 5 heteroatoms. The van der Waals surface area contributed by atoms with Crippen LogP contribution in [0.25, 0.3) is 0 Å². The maximum Gasteiger partial charge on any atom is 0.269 e. The molecule has 30 heavy (non-hydrogen) atoms. The van der Waals surface area contributed by atoms with E-state index in [0.717, 1.165) is 42.6 Å². The van der Waals surface area contributed by atoms with Crippen LogP contribution in [0, 0.1) is 10.1 Å². The lowest BCUT2D eigenvalue weighted by Gasteiger charge is -2.39. The molecule has 0 aromatic heterocycles. The number of carbonyl (C=O) groups is 1. The van der Waals surface area contributed by atoms with Gasteiger partial charge >= 0.3 is 0 Å². The zero-order valence-corrected chi connectivity index (χ0v) is 16.7. The standard InChI is InChI=1S/C25H24N2O3/c28-25(20-9-5-2-6-10-20)18-22-12-11-21-17-23(27(29)30)13-14-24(21)26(22)16-15-19-7-3-1-4-8-19/h1-10,13-14,17,22H,11-12,15-16,18H2/t22-/m1/s1. The molecule has 3 aromatic carbocycles. The van der Waals surface area contributed by atoms with Crippen molar-refractivity contribution >= 4 is 17.2 Å². The van der Waals surface area contributed by atoms with Gasteiger partial charge in [-0.25, -0.2) is 0 Å². The van der Waals surface area contributed by atoms with Crippen molar-refractivity contribution in [3.63, 3.8) is 0 Å². The van der Waals surface area contributed by atoms with E-state index in [1.807, 2.05) is 54.6 Å². The van der Waals surface area contributed by atoms with Gasteiger partial charge in [-0.15, -0.1) is 0 Å². The molecule has 0 amide bonds. The molecule has 0 aliphatic carbocycles. The van der Waals surface area contributed by atoms with E-state index in [2.05, 4.69) is 17.0 Å². The molecule has 1 heterocycles. The average Bonchev–Trinajstić information content (AvgIpc) is 2.79. The highest BCUT2D eigenvalue weighted by Crippen LogP contribution is 2.35. The first kappa shape index (κ1) is 19.8. The van der Waals surface area contributed by atoms with Gasteiger partial charge in [0.05, 0.1) is 4.92 Å². The fourth-order valence-electron chi connectivity index (χ4n) is 4.21. The van der Waals surface area contributed by atoms with Gasteiger partial charge in [-0.05, 0) is 36.5 Å². The van der Waals surface area contributed by atoms with E-state index in [1.54, 1.807) is 12.1 Å². The Kier molecular flexibility index (Phi) is 5.89. The van der Waals surface area contributed by atoms with E-state index in [-0.39, 0.29) is 22.4 Å². The Hall–Kier alpha value is -3.47. The zero-order valence-electron chi connectivity index (χ0n) is 16.7. The first-order valence-electron chi connectivity index (χ1n) is 10.3. The second-order valence-corrected chi connectivity index (χ2v) is 7.68. The molecule has 0 unspecified atom stereocenters. The summed E-state index contributed by atoms with van der Waals surface area (Å²) in [4.78, 5) is 26.0. The normalized spacial score (nSPS) is 15.5. The summed E-state index contributed by atoms with van der Waals surface area (Å²) in [5.74, 6) is 0.135. The lowest BCUT2D eigenvalue weighted by Crippen LogP contribution is -2.42. The van der Waals surface area contributed by atoms with Crippen molar-refractivity contribution in [2.45, 2.75) is 31.7 Å². The van der Waals surface area contributed by atoms with Crippen LogP contribution in [-0.4, -0.2) is 23.3 Å². The highest BCUT2D eigenvalue weighted by molar-refractivity contribution is 5.96. The summed E-state index contributed by atoms with van der Waals surface area (Å²) in [6, 6.07) is 24.8. The van der Waals surface area contributed by atoms with Crippen LogP contribution in [0.4, 0.5) is 11.4 Å². The number of benzene rings is 3. The van der Waals surface area contributed by atoms with Crippen LogP contribution in [0.2, 0.25) is 0 Å². The second kappa shape index (κ2) is 8.91. The molecule has 0 fully saturated rings. The molecule has 3 aromatic rings. The minimum absolute atomic E-state index is 0.0791. The van der Waals surface area contributed by atoms with Crippen LogP contribution in [0.1, 0.15) is 34.3 Å². The molecule has 0 saturated carbocycles. The second-order valence-electron chi connectivity index (χ2n) is 7.68. The van der Waals surface area contributed by atoms with Crippen molar-refractivity contribution in [1.29, 1.82) is 0 Å². The molecule has 0 bridgehead atoms. The number of carbonyl (C=O) groups excluding carboxylic acids is 1. The van der Waals surface area contributed by atoms with Gasteiger partial charge in [-0.3, -0.25) is 14.9 Å². The van der Waals surface area contributed by atoms with Crippen LogP contribution >= 0.6 is 0 Å². The topological polar surface area (TPSA) is 63.4 Å². The minimum atomic E-state index is -0.348. The highest BCUT2D eigenvalue weighted by atomic mass is 16.6. The summed E-state index contributed by atoms with van der Waals surface area (Å²) >= 11 is 0. The third-order valence-electron chi connectivity index (χ3n) is 5.77. The number of nitrogens with zero attached hydrogens (tertiary/aromatic N) is 2. The van der Waals surface area contributed by atoms with Gasteiger partial charge in [0.2, 0.25) is 0 Å². The number of Topliss-reactive ketones (excluding diaryl/α,β-unsaturated/α-hetero) is 1. The number of non-ortho nitro benzene ring substituents is 1. The van der Waals surface area contributed by atoms with Crippen LogP contribution in [0.5, 0.6) is 0 Å². The maximum atomic E-state index is 12.9. The van der Waals surface area contributed by atoms with Crippen LogP contribution < -0.4 is 4.90 Å². The molecule has 0 saturated heterocycles. The van der Waals surface area contributed by atoms with E-state index in [0.29, 0.717) is 6.42 Å². The summed E-state index contributed by atoms with van der Waals surface area (Å²) in [7, 11) is 0. The molecule has 5 nitrogen and oxygen atoms in total. The van der Waals surface area contributed by atoms with Gasteiger partial charge in [0.15, 0.2) is 5.78 Å². The lowest BCUT2D eigenvalue weighted by molar-refractivity contribution is -0.384. The van der Waals surface area contributed by atoms with Gasteiger partial charge in [0.25, 0.3) is 5.69 Å². The summed E-state index contributed by atoms with van der Waals surface area (Å²) in [6.07, 6.45) is 2.84. The van der Waals surface area contributed by atoms with Gasteiger partial charge in [-0.1, -0.05) is 60.7 Å². The summed E-state index contributed by atoms with van der Waals surface area (Å²) in [6.45, 7) is 0.765. The van der Waals surface area contributed by atoms with E-state index in [9.17, 15) is 14.9 Å². The molecule has 1 aliphatic heterocycles. The van der Waals surface area contributed by atoms with Gasteiger partial charge in [0.1, 0.15) is 0 Å². The van der Waals surface area contributed by atoms with Gasteiger partial charge in [0, 0.05) is 42.4 Å². The molecule has 4 rings (SSSR count). The number of rotatable bonds is 7. The predicted octanol–water partition coefficient (Wildman–Crippen LogP) is 5.23. The summed E-state index contributed by atoms with van der Waals surface area (Å²) < 4.78 is 0. The minimum Gasteiger partial charge on any atom is -0.368 e. The number of nitro benzene ring substituents is 1. The summed E-state index contributed by atoms with van der Waals surface area (Å²) in [5, 5.41) is 11.2. The monoisotopic (exact) mass is 400 g/mol. The Balaban J connectivity index is 1.59. The lowest BCUT2D eigenvalue weighted by atomic mass is 9.90. The number of fused-ring (bicyclic) bond motifs is 1. The Bertz CT molecular complexity index is 1030. The smallest absolute Gasteiger partial charge is 0.269 e. The Labute approximate surface area is 176 Å². The highest BCUT2D eigenvalue weighted by Gasteiger charge is 2.29. The fraction of sp³-hybridized carbons (Fsp3) is 0.240. The molecular formula is C25H24N2O3. The van der Waals surface area contributed by atoms with Crippen molar-refractivity contribution in [3.8, 4) is 0 Å². The molecule has 0 spiro atoms. The zero-order chi connectivity index (χ0) is 20.9. The molecular weight excluding hydrogens is 376 g/mol. The first-order chi connectivity index (χ1) is 14.6. The number of hydrogen-bond acceptors (Lipinski definition) is 4. The number of nitro groups is 1. The predicted molar refractivity (Wildman–Crippen MR) is 118 cm³/mol. The van der Waals surface area contributed by atoms with E-state index in [4.69, 9.17) is 0 Å². The molecule has 1 aliphatic rings. The molecule has 0 N–H and O–H groups in total. The van der Waals surface area contributed by atoms with E-state index in [1.165, 1.54) is 5.56 Å². The third-order valence-corrected chi connectivity index (χ3v) is 5.77. The quantitative estimate of drug-likeness (QED) is 0.309.